The monoisotopic (exact) mass is 597 g/mol. The Labute approximate surface area is 258 Å². The Morgan fingerprint density at radius 3 is 2.23 bits per heavy atom. The lowest BCUT2D eigenvalue weighted by Gasteiger charge is -2.47. The summed E-state index contributed by atoms with van der Waals surface area (Å²) in [7, 11) is 0. The van der Waals surface area contributed by atoms with Crippen molar-refractivity contribution in [1.82, 2.24) is 24.2 Å². The summed E-state index contributed by atoms with van der Waals surface area (Å²) in [6, 6.07) is 18.2. The number of fused-ring (bicyclic) bond motifs is 1. The number of carbonyl (C=O) groups excluding carboxylic acids is 1. The Morgan fingerprint density at radius 2 is 1.59 bits per heavy atom. The highest BCUT2D eigenvalue weighted by Crippen LogP contribution is 2.42. The van der Waals surface area contributed by atoms with Crippen LogP contribution in [0.15, 0.2) is 65.6 Å². The van der Waals surface area contributed by atoms with E-state index in [1.165, 1.54) is 5.69 Å². The standard InChI is InChI=1S/C34H43N7O3/c1-5-19-40-30(42)28-24-35-31(37-29(28)41(40)27-9-7-6-8-10-27)36-25-11-13-26(14-12-25)38-20-15-34(16-21-38)17-22-39(23-18-34)32(43)44-33(2,3)4/h6-14,24H,5,15-23H2,1-4H3,(H,35,36,37). The molecule has 0 atom stereocenters. The largest absolute Gasteiger partial charge is 0.444 e. The maximum Gasteiger partial charge on any atom is 0.410 e. The average Bonchev–Trinajstić information content (AvgIpc) is 3.28. The Bertz CT molecular complexity index is 1650. The molecule has 2 aliphatic heterocycles. The van der Waals surface area contributed by atoms with Crippen LogP contribution in [0.4, 0.5) is 22.1 Å². The quantitative estimate of drug-likeness (QED) is 0.277. The number of hydrogen-bond acceptors (Lipinski definition) is 7. The minimum atomic E-state index is -0.461. The number of amides is 1. The lowest BCUT2D eigenvalue weighted by atomic mass is 9.71. The molecule has 0 unspecified atom stereocenters. The highest BCUT2D eigenvalue weighted by Gasteiger charge is 2.39. The molecule has 0 aliphatic carbocycles. The Balaban J connectivity index is 1.10. The van der Waals surface area contributed by atoms with Crippen molar-refractivity contribution in [1.29, 1.82) is 0 Å². The van der Waals surface area contributed by atoms with Crippen molar-refractivity contribution >= 4 is 34.4 Å². The van der Waals surface area contributed by atoms with Crippen molar-refractivity contribution in [2.24, 2.45) is 5.41 Å². The molecule has 4 aromatic rings. The number of para-hydroxylation sites is 1. The van der Waals surface area contributed by atoms with Crippen molar-refractivity contribution < 1.29 is 9.53 Å². The predicted molar refractivity (Wildman–Crippen MR) is 174 cm³/mol. The molecule has 1 amide bonds. The zero-order valence-corrected chi connectivity index (χ0v) is 26.3. The van der Waals surface area contributed by atoms with E-state index in [-0.39, 0.29) is 11.7 Å². The third-order valence-corrected chi connectivity index (χ3v) is 8.90. The fourth-order valence-corrected chi connectivity index (χ4v) is 6.45. The SMILES string of the molecule is CCCn1c(=O)c2cnc(Nc3ccc(N4CCC5(CCN(C(=O)OC(C)(C)C)CC5)CC4)cc3)nc2n1-c1ccccc1. The zero-order valence-electron chi connectivity index (χ0n) is 26.3. The number of benzene rings is 2. The molecule has 2 fully saturated rings. The molecule has 10 nitrogen and oxygen atoms in total. The molecule has 1 spiro atoms. The molecule has 2 aromatic heterocycles. The summed E-state index contributed by atoms with van der Waals surface area (Å²) in [4.78, 5) is 39.3. The van der Waals surface area contributed by atoms with Crippen LogP contribution in [0.5, 0.6) is 0 Å². The van der Waals surface area contributed by atoms with Gasteiger partial charge >= 0.3 is 6.09 Å². The molecule has 0 bridgehead atoms. The maximum absolute atomic E-state index is 13.2. The van der Waals surface area contributed by atoms with Gasteiger partial charge in [-0.3, -0.25) is 4.79 Å². The summed E-state index contributed by atoms with van der Waals surface area (Å²) >= 11 is 0. The predicted octanol–water partition coefficient (Wildman–Crippen LogP) is 6.35. The molecule has 0 saturated carbocycles. The molecule has 44 heavy (non-hydrogen) atoms. The Kier molecular flexibility index (Phi) is 8.09. The van der Waals surface area contributed by atoms with Gasteiger partial charge in [0.15, 0.2) is 5.65 Å². The zero-order chi connectivity index (χ0) is 30.9. The molecule has 2 aromatic carbocycles. The van der Waals surface area contributed by atoms with E-state index in [9.17, 15) is 9.59 Å². The molecular formula is C34H43N7O3. The van der Waals surface area contributed by atoms with Gasteiger partial charge < -0.3 is 19.9 Å². The topological polar surface area (TPSA) is 97.5 Å². The van der Waals surface area contributed by atoms with Gasteiger partial charge in [-0.2, -0.15) is 4.98 Å². The van der Waals surface area contributed by atoms with E-state index in [0.29, 0.717) is 28.9 Å². The number of piperidine rings is 2. The number of nitrogens with one attached hydrogen (secondary N) is 1. The molecule has 232 valence electrons. The van der Waals surface area contributed by atoms with Gasteiger partial charge in [-0.15, -0.1) is 0 Å². The molecule has 6 rings (SSSR count). The number of carbonyl (C=O) groups is 1. The third kappa shape index (κ3) is 6.16. The minimum Gasteiger partial charge on any atom is -0.444 e. The average molecular weight is 598 g/mol. The summed E-state index contributed by atoms with van der Waals surface area (Å²) in [6.45, 7) is 12.0. The summed E-state index contributed by atoms with van der Waals surface area (Å²) in [6.07, 6.45) is 6.59. The van der Waals surface area contributed by atoms with Crippen LogP contribution in [0.1, 0.15) is 59.8 Å². The molecule has 2 saturated heterocycles. The molecule has 10 heteroatoms. The second-order valence-corrected chi connectivity index (χ2v) is 13.1. The van der Waals surface area contributed by atoms with Crippen LogP contribution in [0.2, 0.25) is 0 Å². The number of aromatic nitrogens is 4. The van der Waals surface area contributed by atoms with Crippen LogP contribution in [0.3, 0.4) is 0 Å². The number of likely N-dealkylation sites (tertiary alicyclic amines) is 1. The van der Waals surface area contributed by atoms with Gasteiger partial charge in [0.25, 0.3) is 5.56 Å². The van der Waals surface area contributed by atoms with Crippen molar-refractivity contribution in [3.63, 3.8) is 0 Å². The lowest BCUT2D eigenvalue weighted by molar-refractivity contribution is 0.00666. The first-order valence-electron chi connectivity index (χ1n) is 15.8. The van der Waals surface area contributed by atoms with E-state index in [0.717, 1.165) is 69.7 Å². The molecule has 2 aliphatic rings. The van der Waals surface area contributed by atoms with Gasteiger partial charge in [-0.25, -0.2) is 19.1 Å². The van der Waals surface area contributed by atoms with Crippen molar-refractivity contribution in [3.8, 4) is 5.69 Å². The minimum absolute atomic E-state index is 0.0847. The Morgan fingerprint density at radius 1 is 0.932 bits per heavy atom. The second-order valence-electron chi connectivity index (χ2n) is 13.1. The second kappa shape index (κ2) is 12.0. The summed E-state index contributed by atoms with van der Waals surface area (Å²) < 4.78 is 9.21. The first-order chi connectivity index (χ1) is 21.1. The van der Waals surface area contributed by atoms with Crippen LogP contribution in [-0.2, 0) is 11.3 Å². The van der Waals surface area contributed by atoms with Gasteiger partial charge in [0, 0.05) is 50.3 Å². The van der Waals surface area contributed by atoms with Gasteiger partial charge in [0.05, 0.1) is 5.69 Å². The first kappa shape index (κ1) is 29.7. The van der Waals surface area contributed by atoms with Gasteiger partial charge in [0.1, 0.15) is 11.0 Å². The molecule has 1 N–H and O–H groups in total. The lowest BCUT2D eigenvalue weighted by Crippen LogP contribution is -2.49. The van der Waals surface area contributed by atoms with E-state index < -0.39 is 5.60 Å². The number of hydrogen-bond donors (Lipinski definition) is 1. The fraction of sp³-hybridized carbons (Fsp3) is 0.471. The van der Waals surface area contributed by atoms with E-state index in [2.05, 4.69) is 46.4 Å². The maximum atomic E-state index is 13.2. The fourth-order valence-electron chi connectivity index (χ4n) is 6.45. The van der Waals surface area contributed by atoms with E-state index >= 15 is 0 Å². The van der Waals surface area contributed by atoms with Gasteiger partial charge in [0.2, 0.25) is 5.95 Å². The number of rotatable bonds is 6. The van der Waals surface area contributed by atoms with Crippen LogP contribution < -0.4 is 15.8 Å². The number of nitrogens with zero attached hydrogens (tertiary/aromatic N) is 6. The highest BCUT2D eigenvalue weighted by molar-refractivity contribution is 5.77. The van der Waals surface area contributed by atoms with Crippen LogP contribution >= 0.6 is 0 Å². The van der Waals surface area contributed by atoms with Crippen LogP contribution in [-0.4, -0.2) is 62.1 Å². The van der Waals surface area contributed by atoms with Crippen LogP contribution in [0.25, 0.3) is 16.7 Å². The van der Waals surface area contributed by atoms with Crippen molar-refractivity contribution in [2.75, 3.05) is 36.4 Å². The molecule has 4 heterocycles. The summed E-state index contributed by atoms with van der Waals surface area (Å²) in [5.41, 5.74) is 3.32. The van der Waals surface area contributed by atoms with E-state index in [4.69, 9.17) is 9.72 Å². The summed E-state index contributed by atoms with van der Waals surface area (Å²) in [5.74, 6) is 0.446. The number of ether oxygens (including phenoxy) is 1. The Hall–Kier alpha value is -4.34. The third-order valence-electron chi connectivity index (χ3n) is 8.90. The van der Waals surface area contributed by atoms with Crippen molar-refractivity contribution in [2.45, 2.75) is 71.9 Å². The molecular weight excluding hydrogens is 554 g/mol. The first-order valence-corrected chi connectivity index (χ1v) is 15.8. The van der Waals surface area contributed by atoms with E-state index in [1.54, 1.807) is 10.9 Å². The highest BCUT2D eigenvalue weighted by atomic mass is 16.6. The van der Waals surface area contributed by atoms with Crippen molar-refractivity contribution in [3.05, 3.63) is 71.1 Å². The molecule has 0 radical (unpaired) electrons. The van der Waals surface area contributed by atoms with Gasteiger partial charge in [-0.1, -0.05) is 25.1 Å². The number of anilines is 3. The normalized spacial score (nSPS) is 16.8. The van der Waals surface area contributed by atoms with Crippen LogP contribution in [0, 0.1) is 5.41 Å². The summed E-state index contributed by atoms with van der Waals surface area (Å²) in [5, 5.41) is 3.83. The smallest absolute Gasteiger partial charge is 0.410 e. The van der Waals surface area contributed by atoms with Gasteiger partial charge in [-0.05, 0) is 94.7 Å². The van der Waals surface area contributed by atoms with E-state index in [1.807, 2.05) is 60.7 Å².